The van der Waals surface area contributed by atoms with Crippen molar-refractivity contribution < 1.29 is 14.3 Å². The summed E-state index contributed by atoms with van der Waals surface area (Å²) in [5.74, 6) is -0.431. The van der Waals surface area contributed by atoms with E-state index in [-0.39, 0.29) is 6.54 Å². The average molecular weight is 295 g/mol. The molecule has 0 aromatic carbocycles. The van der Waals surface area contributed by atoms with E-state index in [0.717, 1.165) is 5.39 Å². The van der Waals surface area contributed by atoms with Crippen LogP contribution in [0, 0.1) is 0 Å². The quantitative estimate of drug-likeness (QED) is 0.496. The molecule has 106 valence electrons. The second-order valence-corrected chi connectivity index (χ2v) is 5.79. The summed E-state index contributed by atoms with van der Waals surface area (Å²) in [5, 5.41) is 1.05. The number of fused-ring (bicyclic) bond motifs is 1. The van der Waals surface area contributed by atoms with Gasteiger partial charge in [0.2, 0.25) is 0 Å². The van der Waals surface area contributed by atoms with E-state index < -0.39 is 11.6 Å². The third kappa shape index (κ3) is 3.17. The number of carbonyl (C=O) groups is 2. The number of esters is 1. The van der Waals surface area contributed by atoms with Crippen LogP contribution in [0.2, 0.25) is 5.15 Å². The first kappa shape index (κ1) is 14.5. The number of hydrogen-bond donors (Lipinski definition) is 0. The molecular weight excluding hydrogens is 280 g/mol. The third-order valence-electron chi connectivity index (χ3n) is 2.57. The summed E-state index contributed by atoms with van der Waals surface area (Å²) in [7, 11) is 0. The minimum absolute atomic E-state index is 0.0812. The first-order valence-electron chi connectivity index (χ1n) is 6.13. The molecule has 0 spiro atoms. The van der Waals surface area contributed by atoms with Gasteiger partial charge in [-0.2, -0.15) is 0 Å². The highest BCUT2D eigenvalue weighted by Gasteiger charge is 2.19. The number of carbonyl (C=O) groups excluding carboxylic acids is 2. The maximum Gasteiger partial charge on any atom is 0.326 e. The van der Waals surface area contributed by atoms with Gasteiger partial charge in [-0.3, -0.25) is 9.59 Å². The monoisotopic (exact) mass is 294 g/mol. The van der Waals surface area contributed by atoms with E-state index >= 15 is 0 Å². The fraction of sp³-hybridized carbons (Fsp3) is 0.357. The van der Waals surface area contributed by atoms with E-state index in [1.807, 2.05) is 0 Å². The Balaban J connectivity index is 2.39. The zero-order valence-corrected chi connectivity index (χ0v) is 12.3. The van der Waals surface area contributed by atoms with E-state index in [0.29, 0.717) is 22.8 Å². The van der Waals surface area contributed by atoms with Crippen molar-refractivity contribution in [2.24, 2.45) is 0 Å². The molecule has 2 rings (SSSR count). The van der Waals surface area contributed by atoms with Gasteiger partial charge in [0.1, 0.15) is 22.9 Å². The lowest BCUT2D eigenvalue weighted by molar-refractivity contribution is -0.155. The second-order valence-electron chi connectivity index (χ2n) is 5.41. The van der Waals surface area contributed by atoms with Gasteiger partial charge in [0, 0.05) is 5.39 Å². The summed E-state index contributed by atoms with van der Waals surface area (Å²) < 4.78 is 6.76. The topological polar surface area (TPSA) is 61.2 Å². The lowest BCUT2D eigenvalue weighted by Gasteiger charge is -2.20. The Morgan fingerprint density at radius 3 is 2.75 bits per heavy atom. The fourth-order valence-corrected chi connectivity index (χ4v) is 2.03. The number of hydrogen-bond acceptors (Lipinski definition) is 4. The standard InChI is InChI=1S/C14H15ClN2O3/c1-14(2,3)20-12(19)7-17-10(8-18)6-9-4-5-11(15)16-13(9)17/h4-6,8H,7H2,1-3H3. The van der Waals surface area contributed by atoms with Gasteiger partial charge in [0.05, 0.1) is 5.69 Å². The van der Waals surface area contributed by atoms with Crippen LogP contribution in [0.5, 0.6) is 0 Å². The first-order valence-corrected chi connectivity index (χ1v) is 6.51. The molecule has 0 atom stereocenters. The van der Waals surface area contributed by atoms with Gasteiger partial charge in [0.25, 0.3) is 0 Å². The van der Waals surface area contributed by atoms with Crippen molar-refractivity contribution >= 4 is 34.9 Å². The summed E-state index contributed by atoms with van der Waals surface area (Å²) in [6.07, 6.45) is 0.681. The predicted molar refractivity (Wildman–Crippen MR) is 76.0 cm³/mol. The van der Waals surface area contributed by atoms with E-state index in [4.69, 9.17) is 16.3 Å². The molecule has 0 bridgehead atoms. The van der Waals surface area contributed by atoms with Gasteiger partial charge < -0.3 is 9.30 Å². The SMILES string of the molecule is CC(C)(C)OC(=O)Cn1c(C=O)cc2ccc(Cl)nc21. The molecule has 2 aromatic heterocycles. The zero-order valence-electron chi connectivity index (χ0n) is 11.5. The molecule has 2 heterocycles. The van der Waals surface area contributed by atoms with Gasteiger partial charge in [-0.15, -0.1) is 0 Å². The van der Waals surface area contributed by atoms with Crippen molar-refractivity contribution in [1.82, 2.24) is 9.55 Å². The highest BCUT2D eigenvalue weighted by Crippen LogP contribution is 2.20. The molecule has 0 fully saturated rings. The van der Waals surface area contributed by atoms with Crippen molar-refractivity contribution in [3.63, 3.8) is 0 Å². The predicted octanol–water partition coefficient (Wildman–Crippen LogP) is 2.84. The minimum Gasteiger partial charge on any atom is -0.459 e. The lowest BCUT2D eigenvalue weighted by Crippen LogP contribution is -2.27. The van der Waals surface area contributed by atoms with Crippen LogP contribution in [0.15, 0.2) is 18.2 Å². The summed E-state index contributed by atoms with van der Waals surface area (Å²) in [5.41, 5.74) is 0.276. The molecule has 6 heteroatoms. The van der Waals surface area contributed by atoms with E-state index in [2.05, 4.69) is 4.98 Å². The number of rotatable bonds is 3. The number of pyridine rings is 1. The average Bonchev–Trinajstić information content (AvgIpc) is 2.64. The Labute approximate surface area is 121 Å². The summed E-state index contributed by atoms with van der Waals surface area (Å²) in [6, 6.07) is 5.05. The van der Waals surface area contributed by atoms with Crippen LogP contribution >= 0.6 is 11.6 Å². The Morgan fingerprint density at radius 1 is 1.45 bits per heavy atom. The summed E-state index contributed by atoms with van der Waals surface area (Å²) in [4.78, 5) is 27.2. The molecule has 0 aliphatic heterocycles. The number of aromatic nitrogens is 2. The Hall–Kier alpha value is -1.88. The molecular formula is C14H15ClN2O3. The van der Waals surface area contributed by atoms with Gasteiger partial charge in [-0.05, 0) is 39.0 Å². The smallest absolute Gasteiger partial charge is 0.326 e. The molecule has 20 heavy (non-hydrogen) atoms. The van der Waals surface area contributed by atoms with Crippen LogP contribution in [-0.2, 0) is 16.1 Å². The number of halogens is 1. The summed E-state index contributed by atoms with van der Waals surface area (Å²) >= 11 is 5.86. The van der Waals surface area contributed by atoms with Crippen molar-refractivity contribution in [3.8, 4) is 0 Å². The fourth-order valence-electron chi connectivity index (χ4n) is 1.89. The molecule has 0 amide bonds. The van der Waals surface area contributed by atoms with E-state index in [9.17, 15) is 9.59 Å². The van der Waals surface area contributed by atoms with E-state index in [1.165, 1.54) is 4.57 Å². The molecule has 0 radical (unpaired) electrons. The Bertz CT molecular complexity index is 671. The van der Waals surface area contributed by atoms with Gasteiger partial charge in [-0.1, -0.05) is 11.6 Å². The van der Waals surface area contributed by atoms with Crippen LogP contribution < -0.4 is 0 Å². The van der Waals surface area contributed by atoms with Gasteiger partial charge in [-0.25, -0.2) is 4.98 Å². The molecule has 0 unspecified atom stereocenters. The molecule has 0 saturated heterocycles. The molecule has 0 aliphatic rings. The van der Waals surface area contributed by atoms with Crippen LogP contribution in [0.1, 0.15) is 31.3 Å². The molecule has 0 N–H and O–H groups in total. The van der Waals surface area contributed by atoms with Crippen LogP contribution in [0.3, 0.4) is 0 Å². The molecule has 2 aromatic rings. The Morgan fingerprint density at radius 2 is 2.15 bits per heavy atom. The van der Waals surface area contributed by atoms with Crippen LogP contribution in [0.25, 0.3) is 11.0 Å². The van der Waals surface area contributed by atoms with Gasteiger partial charge in [0.15, 0.2) is 6.29 Å². The van der Waals surface area contributed by atoms with Crippen LogP contribution in [0.4, 0.5) is 0 Å². The van der Waals surface area contributed by atoms with E-state index in [1.54, 1.807) is 39.0 Å². The minimum atomic E-state index is -0.577. The normalized spacial score (nSPS) is 11.6. The highest BCUT2D eigenvalue weighted by molar-refractivity contribution is 6.29. The number of aldehydes is 1. The highest BCUT2D eigenvalue weighted by atomic mass is 35.5. The van der Waals surface area contributed by atoms with Crippen molar-refractivity contribution in [2.75, 3.05) is 0 Å². The van der Waals surface area contributed by atoms with Crippen molar-refractivity contribution in [3.05, 3.63) is 29.0 Å². The summed E-state index contributed by atoms with van der Waals surface area (Å²) in [6.45, 7) is 5.28. The maximum atomic E-state index is 11.9. The van der Waals surface area contributed by atoms with Crippen molar-refractivity contribution in [2.45, 2.75) is 32.9 Å². The maximum absolute atomic E-state index is 11.9. The van der Waals surface area contributed by atoms with Gasteiger partial charge >= 0.3 is 5.97 Å². The molecule has 0 saturated carbocycles. The molecule has 0 aliphatic carbocycles. The number of nitrogens with zero attached hydrogens (tertiary/aromatic N) is 2. The molecule has 5 nitrogen and oxygen atoms in total. The second kappa shape index (κ2) is 5.25. The zero-order chi connectivity index (χ0) is 14.9. The first-order chi connectivity index (χ1) is 9.30. The third-order valence-corrected chi connectivity index (χ3v) is 2.78. The van der Waals surface area contributed by atoms with Crippen molar-refractivity contribution in [1.29, 1.82) is 0 Å². The lowest BCUT2D eigenvalue weighted by atomic mass is 10.2. The van der Waals surface area contributed by atoms with Crippen LogP contribution in [-0.4, -0.2) is 27.4 Å². The Kier molecular flexibility index (Phi) is 3.81. The number of ether oxygens (including phenoxy) is 1. The largest absolute Gasteiger partial charge is 0.459 e.